The van der Waals surface area contributed by atoms with Crippen LogP contribution in [0.25, 0.3) is 0 Å². The van der Waals surface area contributed by atoms with Gasteiger partial charge in [0, 0.05) is 5.56 Å². The summed E-state index contributed by atoms with van der Waals surface area (Å²) in [6.45, 7) is 3.30. The first-order valence-corrected chi connectivity index (χ1v) is 6.75. The van der Waals surface area contributed by atoms with Crippen LogP contribution in [0.3, 0.4) is 0 Å². The lowest BCUT2D eigenvalue weighted by molar-refractivity contribution is -0.477. The van der Waals surface area contributed by atoms with Crippen molar-refractivity contribution in [1.82, 2.24) is 0 Å². The summed E-state index contributed by atoms with van der Waals surface area (Å²) in [7, 11) is 0. The van der Waals surface area contributed by atoms with Gasteiger partial charge in [-0.25, -0.2) is 0 Å². The van der Waals surface area contributed by atoms with E-state index < -0.39 is 18.0 Å². The van der Waals surface area contributed by atoms with Crippen LogP contribution in [0.1, 0.15) is 19.4 Å². The first kappa shape index (κ1) is 15.5. The van der Waals surface area contributed by atoms with Crippen LogP contribution in [0.2, 0.25) is 0 Å². The topological polar surface area (TPSA) is 64.8 Å². The smallest absolute Gasteiger partial charge is 0.270 e. The van der Waals surface area contributed by atoms with Gasteiger partial charge >= 0.3 is 0 Å². The maximum Gasteiger partial charge on any atom is 0.270 e. The molecule has 21 heavy (non-hydrogen) atoms. The molecule has 2 rings (SSSR count). The molecule has 1 aliphatic heterocycles. The van der Waals surface area contributed by atoms with Gasteiger partial charge in [-0.2, -0.15) is 4.74 Å². The predicted molar refractivity (Wildman–Crippen MR) is 78.5 cm³/mol. The standard InChI is InChI=1S/C16H19NO4/c1-4-13(15-14(11-18)20-16(2,3)21-15)17(19)10-12-8-6-5-7-9-12/h1,5-9,14-15,18H,10-11H2,2-3H3/b17-13+/t14-,15+/m1/s1. The number of benzene rings is 1. The minimum absolute atomic E-state index is 0.124. The number of aliphatic hydroxyl groups excluding tert-OH is 1. The van der Waals surface area contributed by atoms with Crippen molar-refractivity contribution < 1.29 is 19.3 Å². The van der Waals surface area contributed by atoms with E-state index in [-0.39, 0.29) is 18.9 Å². The summed E-state index contributed by atoms with van der Waals surface area (Å²) in [4.78, 5) is 0. The van der Waals surface area contributed by atoms with Crippen molar-refractivity contribution >= 4 is 5.71 Å². The summed E-state index contributed by atoms with van der Waals surface area (Å²) >= 11 is 0. The second-order valence-electron chi connectivity index (χ2n) is 5.33. The van der Waals surface area contributed by atoms with Crippen LogP contribution in [0, 0.1) is 17.6 Å². The molecule has 1 aliphatic rings. The number of hydrogen-bond acceptors (Lipinski definition) is 4. The van der Waals surface area contributed by atoms with Crippen molar-refractivity contribution in [2.24, 2.45) is 0 Å². The Balaban J connectivity index is 2.26. The van der Waals surface area contributed by atoms with Gasteiger partial charge in [-0.05, 0) is 19.8 Å². The summed E-state index contributed by atoms with van der Waals surface area (Å²) in [6, 6.07) is 9.28. The normalized spacial score (nSPS) is 25.2. The number of nitrogens with zero attached hydrogens (tertiary/aromatic N) is 1. The van der Waals surface area contributed by atoms with Crippen molar-refractivity contribution in [2.75, 3.05) is 6.61 Å². The molecule has 1 aromatic rings. The van der Waals surface area contributed by atoms with E-state index in [0.29, 0.717) is 4.74 Å². The number of ether oxygens (including phenoxy) is 2. The first-order chi connectivity index (χ1) is 9.96. The highest BCUT2D eigenvalue weighted by Gasteiger charge is 2.46. The molecule has 0 bridgehead atoms. The Bertz CT molecular complexity index is 559. The van der Waals surface area contributed by atoms with Gasteiger partial charge in [0.15, 0.2) is 18.4 Å². The van der Waals surface area contributed by atoms with Gasteiger partial charge in [0.1, 0.15) is 6.10 Å². The minimum atomic E-state index is -0.881. The predicted octanol–water partition coefficient (Wildman–Crippen LogP) is 1.28. The number of terminal acetylenes is 1. The molecule has 5 nitrogen and oxygen atoms in total. The lowest BCUT2D eigenvalue weighted by Crippen LogP contribution is -2.37. The highest BCUT2D eigenvalue weighted by molar-refractivity contribution is 6.00. The molecule has 0 aliphatic carbocycles. The number of hydrogen-bond donors (Lipinski definition) is 1. The van der Waals surface area contributed by atoms with Gasteiger partial charge < -0.3 is 19.8 Å². The van der Waals surface area contributed by atoms with Gasteiger partial charge in [0.05, 0.1) is 6.61 Å². The third-order valence-corrected chi connectivity index (χ3v) is 3.22. The van der Waals surface area contributed by atoms with Gasteiger partial charge in [-0.3, -0.25) is 0 Å². The molecule has 0 unspecified atom stereocenters. The summed E-state index contributed by atoms with van der Waals surface area (Å²) in [5.74, 6) is 1.50. The van der Waals surface area contributed by atoms with Crippen LogP contribution in [0.5, 0.6) is 0 Å². The van der Waals surface area contributed by atoms with Gasteiger partial charge in [0.2, 0.25) is 0 Å². The Kier molecular flexibility index (Phi) is 4.63. The summed E-state index contributed by atoms with van der Waals surface area (Å²) in [6.07, 6.45) is 4.09. The highest BCUT2D eigenvalue weighted by atomic mass is 16.8. The van der Waals surface area contributed by atoms with Crippen LogP contribution in [-0.4, -0.2) is 40.2 Å². The van der Waals surface area contributed by atoms with E-state index in [2.05, 4.69) is 5.92 Å². The number of hydroxylamine groups is 1. The van der Waals surface area contributed by atoms with Crippen LogP contribution in [0.15, 0.2) is 30.3 Å². The molecule has 1 aromatic carbocycles. The molecule has 0 spiro atoms. The molecule has 5 heteroatoms. The molecule has 0 saturated carbocycles. The van der Waals surface area contributed by atoms with Crippen LogP contribution in [0.4, 0.5) is 0 Å². The first-order valence-electron chi connectivity index (χ1n) is 6.75. The molecule has 0 amide bonds. The van der Waals surface area contributed by atoms with Crippen LogP contribution < -0.4 is 0 Å². The van der Waals surface area contributed by atoms with Crippen molar-refractivity contribution in [3.63, 3.8) is 0 Å². The van der Waals surface area contributed by atoms with E-state index in [9.17, 15) is 10.3 Å². The van der Waals surface area contributed by atoms with Gasteiger partial charge in [-0.1, -0.05) is 30.3 Å². The summed E-state index contributed by atoms with van der Waals surface area (Å²) in [5.41, 5.74) is 0.974. The van der Waals surface area contributed by atoms with E-state index in [1.807, 2.05) is 30.3 Å². The van der Waals surface area contributed by atoms with E-state index >= 15 is 0 Å². The summed E-state index contributed by atoms with van der Waals surface area (Å²) in [5, 5.41) is 21.7. The highest BCUT2D eigenvalue weighted by Crippen LogP contribution is 2.28. The van der Waals surface area contributed by atoms with Crippen molar-refractivity contribution in [3.05, 3.63) is 41.1 Å². The van der Waals surface area contributed by atoms with Gasteiger partial charge in [0.25, 0.3) is 5.71 Å². The molecule has 1 fully saturated rings. The zero-order chi connectivity index (χ0) is 15.5. The third kappa shape index (κ3) is 3.61. The Morgan fingerprint density at radius 3 is 2.62 bits per heavy atom. The molecule has 112 valence electrons. The van der Waals surface area contributed by atoms with Crippen molar-refractivity contribution in [3.8, 4) is 12.3 Å². The lowest BCUT2D eigenvalue weighted by Gasteiger charge is -2.16. The lowest BCUT2D eigenvalue weighted by atomic mass is 10.1. The SMILES string of the molecule is C#C/C([C@@H]1OC(C)(C)O[C@@H]1CO)=[N+](\[O-])Cc1ccccc1. The molecule has 1 saturated heterocycles. The average molecular weight is 289 g/mol. The fourth-order valence-corrected chi connectivity index (χ4v) is 2.33. The molecular weight excluding hydrogens is 270 g/mol. The molecule has 1 N–H and O–H groups in total. The molecule has 0 aromatic heterocycles. The second kappa shape index (κ2) is 6.27. The molecule has 1 heterocycles. The molecule has 0 radical (unpaired) electrons. The fourth-order valence-electron chi connectivity index (χ4n) is 2.33. The zero-order valence-corrected chi connectivity index (χ0v) is 12.2. The maximum absolute atomic E-state index is 12.3. The Hall–Kier alpha value is -1.87. The Morgan fingerprint density at radius 2 is 2.05 bits per heavy atom. The number of aliphatic hydroxyl groups is 1. The monoisotopic (exact) mass is 289 g/mol. The summed E-state index contributed by atoms with van der Waals surface area (Å²) < 4.78 is 11.9. The van der Waals surface area contributed by atoms with Crippen molar-refractivity contribution in [1.29, 1.82) is 0 Å². The van der Waals surface area contributed by atoms with E-state index in [4.69, 9.17) is 15.9 Å². The average Bonchev–Trinajstić information content (AvgIpc) is 2.76. The molecule has 2 atom stereocenters. The van der Waals surface area contributed by atoms with Crippen LogP contribution in [-0.2, 0) is 16.0 Å². The largest absolute Gasteiger partial charge is 0.623 e. The minimum Gasteiger partial charge on any atom is -0.623 e. The Labute approximate surface area is 124 Å². The van der Waals surface area contributed by atoms with E-state index in [1.165, 1.54) is 0 Å². The second-order valence-corrected chi connectivity index (χ2v) is 5.33. The zero-order valence-electron chi connectivity index (χ0n) is 12.2. The molecular formula is C16H19NO4. The van der Waals surface area contributed by atoms with Gasteiger partial charge in [-0.15, -0.1) is 6.42 Å². The van der Waals surface area contributed by atoms with Crippen LogP contribution >= 0.6 is 0 Å². The van der Waals surface area contributed by atoms with Crippen molar-refractivity contribution in [2.45, 2.75) is 38.4 Å². The number of rotatable bonds is 4. The Morgan fingerprint density at radius 1 is 1.38 bits per heavy atom. The van der Waals surface area contributed by atoms with E-state index in [1.54, 1.807) is 13.8 Å². The quantitative estimate of drug-likeness (QED) is 0.298. The maximum atomic E-state index is 12.3. The third-order valence-electron chi connectivity index (χ3n) is 3.22. The fraction of sp³-hybridized carbons (Fsp3) is 0.438. The van der Waals surface area contributed by atoms with E-state index in [0.717, 1.165) is 5.56 Å².